The summed E-state index contributed by atoms with van der Waals surface area (Å²) in [5.41, 5.74) is -0.0282. The van der Waals surface area contributed by atoms with Crippen molar-refractivity contribution in [2.24, 2.45) is 0 Å². The number of sulfonamides is 1. The van der Waals surface area contributed by atoms with Gasteiger partial charge >= 0.3 is 0 Å². The number of piperidine rings is 1. The van der Waals surface area contributed by atoms with Gasteiger partial charge in [0.15, 0.2) is 5.54 Å². The van der Waals surface area contributed by atoms with Gasteiger partial charge in [-0.05, 0) is 38.0 Å². The maximum Gasteiger partial charge on any atom is 0.251 e. The quantitative estimate of drug-likeness (QED) is 0.810. The van der Waals surface area contributed by atoms with E-state index in [9.17, 15) is 13.2 Å². The Morgan fingerprint density at radius 1 is 1.23 bits per heavy atom. The number of carbonyl (C=O) groups excluding carboxylic acids is 1. The van der Waals surface area contributed by atoms with E-state index in [0.29, 0.717) is 19.4 Å². The first-order chi connectivity index (χ1) is 12.3. The van der Waals surface area contributed by atoms with Gasteiger partial charge in [-0.15, -0.1) is 0 Å². The molecule has 140 valence electrons. The van der Waals surface area contributed by atoms with Gasteiger partial charge in [-0.1, -0.05) is 17.7 Å². The molecule has 1 aliphatic heterocycles. The minimum atomic E-state index is -3.68. The van der Waals surface area contributed by atoms with E-state index in [1.54, 1.807) is 61.5 Å². The average molecular weight is 376 g/mol. The van der Waals surface area contributed by atoms with Crippen LogP contribution >= 0.6 is 0 Å². The van der Waals surface area contributed by atoms with Crippen molar-refractivity contribution in [3.05, 3.63) is 48.3 Å². The average Bonchev–Trinajstić information content (AvgIpc) is 3.16. The maximum absolute atomic E-state index is 13.1. The predicted molar refractivity (Wildman–Crippen MR) is 98.1 cm³/mol. The van der Waals surface area contributed by atoms with E-state index in [-0.39, 0.29) is 17.3 Å². The third-order valence-electron chi connectivity index (χ3n) is 4.84. The fourth-order valence-electron chi connectivity index (χ4n) is 3.46. The number of nitrogens with zero attached hydrogens (tertiary/aromatic N) is 4. The highest BCUT2D eigenvalue weighted by atomic mass is 32.2. The molecular weight excluding hydrogens is 352 g/mol. The van der Waals surface area contributed by atoms with Gasteiger partial charge in [0.05, 0.1) is 4.90 Å². The molecule has 0 bridgehead atoms. The predicted octanol–water partition coefficient (Wildman–Crippen LogP) is 1.46. The first-order valence-corrected chi connectivity index (χ1v) is 10.00. The van der Waals surface area contributed by atoms with Crippen molar-refractivity contribution >= 4 is 15.9 Å². The van der Waals surface area contributed by atoms with Crippen molar-refractivity contribution in [1.29, 1.82) is 0 Å². The zero-order valence-corrected chi connectivity index (χ0v) is 16.1. The van der Waals surface area contributed by atoms with Crippen molar-refractivity contribution in [3.8, 4) is 0 Å². The summed E-state index contributed by atoms with van der Waals surface area (Å²) in [5, 5.41) is 4.26. The van der Waals surface area contributed by atoms with Gasteiger partial charge in [0.25, 0.3) is 5.91 Å². The zero-order chi connectivity index (χ0) is 18.9. The van der Waals surface area contributed by atoms with Gasteiger partial charge in [0.2, 0.25) is 10.0 Å². The Morgan fingerprint density at radius 2 is 1.92 bits per heavy atom. The number of amides is 1. The zero-order valence-electron chi connectivity index (χ0n) is 15.3. The summed E-state index contributed by atoms with van der Waals surface area (Å²) in [4.78, 5) is 14.8. The number of likely N-dealkylation sites (N-methyl/N-ethyl adjacent to an activating group) is 1. The van der Waals surface area contributed by atoms with Crippen LogP contribution in [0.25, 0.3) is 0 Å². The van der Waals surface area contributed by atoms with Gasteiger partial charge < -0.3 is 4.90 Å². The van der Waals surface area contributed by atoms with E-state index in [2.05, 4.69) is 5.10 Å². The first kappa shape index (κ1) is 18.6. The lowest BCUT2D eigenvalue weighted by Crippen LogP contribution is -2.59. The molecule has 26 heavy (non-hydrogen) atoms. The molecule has 1 unspecified atom stereocenters. The van der Waals surface area contributed by atoms with Crippen molar-refractivity contribution in [3.63, 3.8) is 0 Å². The first-order valence-electron chi connectivity index (χ1n) is 8.56. The highest BCUT2D eigenvalue weighted by Gasteiger charge is 2.48. The minimum absolute atomic E-state index is 0.0713. The SMILES string of the molecule is Cc1ccc(S(=O)(=O)N2CCCC(C(=O)N(C)C)(n3cccn3)C2)cc1. The second-order valence-corrected chi connectivity index (χ2v) is 8.87. The molecule has 7 nitrogen and oxygen atoms in total. The third kappa shape index (κ3) is 3.14. The molecule has 0 saturated carbocycles. The van der Waals surface area contributed by atoms with Crippen LogP contribution in [0.3, 0.4) is 0 Å². The van der Waals surface area contributed by atoms with Crippen LogP contribution in [0.1, 0.15) is 18.4 Å². The normalized spacial score (nSPS) is 21.5. The smallest absolute Gasteiger partial charge is 0.251 e. The number of hydrogen-bond donors (Lipinski definition) is 0. The summed E-state index contributed by atoms with van der Waals surface area (Å²) in [5.74, 6) is -0.148. The maximum atomic E-state index is 13.1. The van der Waals surface area contributed by atoms with Crippen molar-refractivity contribution in [1.82, 2.24) is 19.0 Å². The molecule has 3 rings (SSSR count). The van der Waals surface area contributed by atoms with Gasteiger partial charge in [0.1, 0.15) is 0 Å². The van der Waals surface area contributed by atoms with Crippen molar-refractivity contribution in [2.45, 2.75) is 30.2 Å². The number of rotatable bonds is 4. The highest BCUT2D eigenvalue weighted by molar-refractivity contribution is 7.89. The molecule has 1 fully saturated rings. The Morgan fingerprint density at radius 3 is 2.50 bits per heavy atom. The second-order valence-electron chi connectivity index (χ2n) is 6.94. The molecular formula is C18H24N4O3S. The number of benzene rings is 1. The lowest BCUT2D eigenvalue weighted by Gasteiger charge is -2.42. The fourth-order valence-corrected chi connectivity index (χ4v) is 4.99. The molecule has 0 N–H and O–H groups in total. The molecule has 1 amide bonds. The van der Waals surface area contributed by atoms with E-state index >= 15 is 0 Å². The molecule has 0 spiro atoms. The molecule has 2 aromatic rings. The Balaban J connectivity index is 2.01. The Bertz CT molecular complexity index is 876. The van der Waals surface area contributed by atoms with Crippen molar-refractivity contribution in [2.75, 3.05) is 27.2 Å². The fraction of sp³-hybridized carbons (Fsp3) is 0.444. The van der Waals surface area contributed by atoms with Gasteiger partial charge in [-0.3, -0.25) is 9.48 Å². The molecule has 1 aromatic heterocycles. The van der Waals surface area contributed by atoms with E-state index in [1.165, 1.54) is 9.21 Å². The lowest BCUT2D eigenvalue weighted by molar-refractivity contribution is -0.141. The number of carbonyl (C=O) groups is 1. The Kier molecular flexibility index (Phi) is 4.90. The minimum Gasteiger partial charge on any atom is -0.347 e. The molecule has 2 heterocycles. The third-order valence-corrected chi connectivity index (χ3v) is 6.70. The monoisotopic (exact) mass is 376 g/mol. The van der Waals surface area contributed by atoms with Crippen molar-refractivity contribution < 1.29 is 13.2 Å². The number of aromatic nitrogens is 2. The standard InChI is InChI=1S/C18H24N4O3S/c1-15-6-8-16(9-7-15)26(24,25)21-12-4-10-18(14-21,17(23)20(2)3)22-13-5-11-19-22/h5-9,11,13H,4,10,12,14H2,1-3H3. The second kappa shape index (κ2) is 6.85. The summed E-state index contributed by atoms with van der Waals surface area (Å²) in [7, 11) is -0.316. The van der Waals surface area contributed by atoms with E-state index in [0.717, 1.165) is 5.56 Å². The molecule has 1 atom stereocenters. The summed E-state index contributed by atoms with van der Waals surface area (Å²) >= 11 is 0. The number of aryl methyl sites for hydroxylation is 1. The molecule has 1 aliphatic rings. The summed E-state index contributed by atoms with van der Waals surface area (Å²) in [6.45, 7) is 2.37. The molecule has 0 radical (unpaired) electrons. The van der Waals surface area contributed by atoms with Crippen LogP contribution in [0.5, 0.6) is 0 Å². The van der Waals surface area contributed by atoms with Gasteiger partial charge in [0, 0.05) is 39.6 Å². The Labute approximate surface area is 154 Å². The molecule has 1 saturated heterocycles. The molecule has 1 aromatic carbocycles. The molecule has 0 aliphatic carbocycles. The molecule has 8 heteroatoms. The van der Waals surface area contributed by atoms with E-state index in [4.69, 9.17) is 0 Å². The van der Waals surface area contributed by atoms with Crippen LogP contribution in [-0.4, -0.2) is 60.5 Å². The number of hydrogen-bond acceptors (Lipinski definition) is 4. The lowest BCUT2D eigenvalue weighted by atomic mass is 9.88. The van der Waals surface area contributed by atoms with Crippen LogP contribution < -0.4 is 0 Å². The van der Waals surface area contributed by atoms with Gasteiger partial charge in [-0.25, -0.2) is 8.42 Å². The van der Waals surface area contributed by atoms with Gasteiger partial charge in [-0.2, -0.15) is 9.40 Å². The largest absolute Gasteiger partial charge is 0.347 e. The van der Waals surface area contributed by atoms with E-state index in [1.807, 2.05) is 6.92 Å². The van der Waals surface area contributed by atoms with E-state index < -0.39 is 15.6 Å². The summed E-state index contributed by atoms with van der Waals surface area (Å²) in [6.07, 6.45) is 4.47. The van der Waals surface area contributed by atoms with Crippen LogP contribution in [0.15, 0.2) is 47.6 Å². The van der Waals surface area contributed by atoms with Crippen LogP contribution in [0.2, 0.25) is 0 Å². The topological polar surface area (TPSA) is 75.5 Å². The highest BCUT2D eigenvalue weighted by Crippen LogP contribution is 2.33. The van der Waals surface area contributed by atoms with Crippen LogP contribution in [-0.2, 0) is 20.4 Å². The van der Waals surface area contributed by atoms with Crippen LogP contribution in [0.4, 0.5) is 0 Å². The Hall–Kier alpha value is -2.19. The summed E-state index contributed by atoms with van der Waals surface area (Å²) < 4.78 is 29.2. The van der Waals surface area contributed by atoms with Crippen LogP contribution in [0, 0.1) is 6.92 Å². The summed E-state index contributed by atoms with van der Waals surface area (Å²) in [6, 6.07) is 8.54.